The molecule has 1 N–H and O–H groups in total. The average Bonchev–Trinajstić information content (AvgIpc) is 2.36. The van der Waals surface area contributed by atoms with Gasteiger partial charge in [0, 0.05) is 18.5 Å². The summed E-state index contributed by atoms with van der Waals surface area (Å²) in [6, 6.07) is 4.03. The van der Waals surface area contributed by atoms with Crippen LogP contribution in [0.5, 0.6) is 0 Å². The summed E-state index contributed by atoms with van der Waals surface area (Å²) < 4.78 is 39.0. The standard InChI is InChI=1S/C17H24F3NO/c1-10(2)16(22)15(9-21-11(3)4)13-6-12(5)7-14(8-13)17(18,19)20/h6-8,10-11,15,21H,9H2,1-5H3/t15-/m1/s1. The number of ketones is 1. The molecule has 0 saturated carbocycles. The van der Waals surface area contributed by atoms with Crippen LogP contribution in [0.25, 0.3) is 0 Å². The topological polar surface area (TPSA) is 29.1 Å². The molecule has 5 heteroatoms. The van der Waals surface area contributed by atoms with E-state index in [0.29, 0.717) is 17.7 Å². The quantitative estimate of drug-likeness (QED) is 0.847. The summed E-state index contributed by atoms with van der Waals surface area (Å²) in [5.74, 6) is -0.843. The summed E-state index contributed by atoms with van der Waals surface area (Å²) in [5.41, 5.74) is 0.240. The van der Waals surface area contributed by atoms with Crippen molar-refractivity contribution < 1.29 is 18.0 Å². The van der Waals surface area contributed by atoms with E-state index in [4.69, 9.17) is 0 Å². The second kappa shape index (κ2) is 7.27. The third kappa shape index (κ3) is 5.13. The number of nitrogens with one attached hydrogen (secondary N) is 1. The van der Waals surface area contributed by atoms with E-state index in [-0.39, 0.29) is 17.7 Å². The Bertz CT molecular complexity index is 521. The zero-order valence-corrected chi connectivity index (χ0v) is 13.7. The first-order chi connectivity index (χ1) is 10.0. The van der Waals surface area contributed by atoms with Crippen molar-refractivity contribution in [2.75, 3.05) is 6.54 Å². The molecule has 0 aliphatic carbocycles. The predicted octanol–water partition coefficient (Wildman–Crippen LogP) is 4.32. The van der Waals surface area contributed by atoms with Crippen molar-refractivity contribution in [1.29, 1.82) is 0 Å². The van der Waals surface area contributed by atoms with Gasteiger partial charge in [-0.15, -0.1) is 0 Å². The van der Waals surface area contributed by atoms with Crippen molar-refractivity contribution in [3.63, 3.8) is 0 Å². The number of carbonyl (C=O) groups is 1. The van der Waals surface area contributed by atoms with Crippen LogP contribution >= 0.6 is 0 Å². The van der Waals surface area contributed by atoms with Crippen molar-refractivity contribution in [2.24, 2.45) is 5.92 Å². The molecule has 0 saturated heterocycles. The molecular formula is C17H24F3NO. The highest BCUT2D eigenvalue weighted by Gasteiger charge is 2.32. The van der Waals surface area contributed by atoms with Gasteiger partial charge in [0.2, 0.25) is 0 Å². The smallest absolute Gasteiger partial charge is 0.313 e. The summed E-state index contributed by atoms with van der Waals surface area (Å²) in [4.78, 5) is 12.4. The molecule has 1 rings (SSSR count). The third-order valence-electron chi connectivity index (χ3n) is 3.47. The number of benzene rings is 1. The Morgan fingerprint density at radius 2 is 1.73 bits per heavy atom. The Morgan fingerprint density at radius 1 is 1.14 bits per heavy atom. The van der Waals surface area contributed by atoms with Crippen LogP contribution in [0.4, 0.5) is 13.2 Å². The molecular weight excluding hydrogens is 291 g/mol. The number of carbonyl (C=O) groups excluding carboxylic acids is 1. The fourth-order valence-electron chi connectivity index (χ4n) is 2.32. The van der Waals surface area contributed by atoms with Gasteiger partial charge in [-0.3, -0.25) is 4.79 Å². The fraction of sp³-hybridized carbons (Fsp3) is 0.588. The molecule has 0 spiro atoms. The van der Waals surface area contributed by atoms with E-state index in [9.17, 15) is 18.0 Å². The van der Waals surface area contributed by atoms with E-state index >= 15 is 0 Å². The largest absolute Gasteiger partial charge is 0.416 e. The van der Waals surface area contributed by atoms with Crippen LogP contribution in [0.2, 0.25) is 0 Å². The maximum absolute atomic E-state index is 13.0. The summed E-state index contributed by atoms with van der Waals surface area (Å²) in [5, 5.41) is 3.16. The molecule has 0 unspecified atom stereocenters. The Labute approximate surface area is 130 Å². The van der Waals surface area contributed by atoms with Crippen molar-refractivity contribution >= 4 is 5.78 Å². The molecule has 124 valence electrons. The van der Waals surface area contributed by atoms with Crippen LogP contribution in [-0.4, -0.2) is 18.4 Å². The van der Waals surface area contributed by atoms with Gasteiger partial charge in [0.05, 0.1) is 11.5 Å². The second-order valence-electron chi connectivity index (χ2n) is 6.30. The number of Topliss-reactive ketones (excluding diaryl/α,β-unsaturated/α-hetero) is 1. The predicted molar refractivity (Wildman–Crippen MR) is 81.9 cm³/mol. The summed E-state index contributed by atoms with van der Waals surface area (Å²) >= 11 is 0. The summed E-state index contributed by atoms with van der Waals surface area (Å²) in [7, 11) is 0. The van der Waals surface area contributed by atoms with Gasteiger partial charge >= 0.3 is 6.18 Å². The molecule has 0 bridgehead atoms. The van der Waals surface area contributed by atoms with Crippen LogP contribution < -0.4 is 5.32 Å². The minimum absolute atomic E-state index is 0.0492. The first-order valence-corrected chi connectivity index (χ1v) is 7.48. The highest BCUT2D eigenvalue weighted by molar-refractivity contribution is 5.87. The lowest BCUT2D eigenvalue weighted by atomic mass is 9.87. The zero-order chi connectivity index (χ0) is 17.1. The molecule has 22 heavy (non-hydrogen) atoms. The molecule has 0 fully saturated rings. The van der Waals surface area contributed by atoms with Gasteiger partial charge in [0.1, 0.15) is 5.78 Å². The van der Waals surface area contributed by atoms with Gasteiger partial charge in [-0.05, 0) is 24.6 Å². The first-order valence-electron chi connectivity index (χ1n) is 7.48. The molecule has 0 heterocycles. The molecule has 1 aromatic carbocycles. The fourth-order valence-corrected chi connectivity index (χ4v) is 2.32. The number of hydrogen-bond acceptors (Lipinski definition) is 2. The first kappa shape index (κ1) is 18.7. The van der Waals surface area contributed by atoms with Crippen molar-refractivity contribution in [3.8, 4) is 0 Å². The SMILES string of the molecule is Cc1cc([C@@H](CNC(C)C)C(=O)C(C)C)cc(C(F)(F)F)c1. The van der Waals surface area contributed by atoms with Crippen molar-refractivity contribution in [3.05, 3.63) is 34.9 Å². The number of rotatable bonds is 6. The Kier molecular flexibility index (Phi) is 6.17. The van der Waals surface area contributed by atoms with Gasteiger partial charge in [0.15, 0.2) is 0 Å². The summed E-state index contributed by atoms with van der Waals surface area (Å²) in [6.45, 7) is 9.37. The van der Waals surface area contributed by atoms with Gasteiger partial charge in [0.25, 0.3) is 0 Å². The van der Waals surface area contributed by atoms with E-state index in [1.54, 1.807) is 26.8 Å². The maximum atomic E-state index is 13.0. The maximum Gasteiger partial charge on any atom is 0.416 e. The molecule has 0 aromatic heterocycles. The molecule has 1 aromatic rings. The number of hydrogen-bond donors (Lipinski definition) is 1. The number of alkyl halides is 3. The monoisotopic (exact) mass is 315 g/mol. The molecule has 0 aliphatic heterocycles. The Morgan fingerprint density at radius 3 is 2.18 bits per heavy atom. The lowest BCUT2D eigenvalue weighted by Crippen LogP contribution is -2.33. The summed E-state index contributed by atoms with van der Waals surface area (Å²) in [6.07, 6.45) is -4.41. The highest BCUT2D eigenvalue weighted by atomic mass is 19.4. The van der Waals surface area contributed by atoms with Crippen molar-refractivity contribution in [1.82, 2.24) is 5.32 Å². The van der Waals surface area contributed by atoms with Gasteiger partial charge in [-0.1, -0.05) is 39.3 Å². The third-order valence-corrected chi connectivity index (χ3v) is 3.47. The van der Waals surface area contributed by atoms with E-state index in [0.717, 1.165) is 12.1 Å². The zero-order valence-electron chi connectivity index (χ0n) is 13.7. The highest BCUT2D eigenvalue weighted by Crippen LogP contribution is 2.33. The molecule has 1 atom stereocenters. The normalized spacial score (nSPS) is 13.7. The van der Waals surface area contributed by atoms with Gasteiger partial charge < -0.3 is 5.32 Å². The van der Waals surface area contributed by atoms with Crippen molar-refractivity contribution in [2.45, 2.75) is 52.8 Å². The minimum atomic E-state index is -4.41. The van der Waals surface area contributed by atoms with Crippen LogP contribution in [0.3, 0.4) is 0 Å². The lowest BCUT2D eigenvalue weighted by Gasteiger charge is -2.22. The van der Waals surface area contributed by atoms with E-state index in [1.807, 2.05) is 13.8 Å². The van der Waals surface area contributed by atoms with Crippen LogP contribution in [-0.2, 0) is 11.0 Å². The van der Waals surface area contributed by atoms with Crippen LogP contribution in [0.1, 0.15) is 50.3 Å². The molecule has 0 radical (unpaired) electrons. The number of aryl methyl sites for hydroxylation is 1. The molecule has 0 aliphatic rings. The Hall–Kier alpha value is -1.36. The van der Waals surface area contributed by atoms with Gasteiger partial charge in [-0.25, -0.2) is 0 Å². The van der Waals surface area contributed by atoms with E-state index in [2.05, 4.69) is 5.32 Å². The van der Waals surface area contributed by atoms with Crippen LogP contribution in [0, 0.1) is 12.8 Å². The molecule has 2 nitrogen and oxygen atoms in total. The number of halogens is 3. The van der Waals surface area contributed by atoms with Crippen LogP contribution in [0.15, 0.2) is 18.2 Å². The average molecular weight is 315 g/mol. The lowest BCUT2D eigenvalue weighted by molar-refractivity contribution is -0.137. The second-order valence-corrected chi connectivity index (χ2v) is 6.30. The van der Waals surface area contributed by atoms with E-state index < -0.39 is 17.7 Å². The minimum Gasteiger partial charge on any atom is -0.313 e. The van der Waals surface area contributed by atoms with E-state index in [1.165, 1.54) is 0 Å². The van der Waals surface area contributed by atoms with Gasteiger partial charge in [-0.2, -0.15) is 13.2 Å². The molecule has 0 amide bonds. The Balaban J connectivity index is 3.23.